The summed E-state index contributed by atoms with van der Waals surface area (Å²) in [5.41, 5.74) is 0.428. The summed E-state index contributed by atoms with van der Waals surface area (Å²) in [7, 11) is 1.44. The highest BCUT2D eigenvalue weighted by atomic mass is 19.3. The Bertz CT molecular complexity index is 1060. The van der Waals surface area contributed by atoms with Crippen molar-refractivity contribution >= 4 is 17.4 Å². The van der Waals surface area contributed by atoms with Crippen molar-refractivity contribution in [3.05, 3.63) is 71.3 Å². The number of alkyl halides is 2. The Hall–Kier alpha value is -3.42. The van der Waals surface area contributed by atoms with Gasteiger partial charge in [0.25, 0.3) is 12.3 Å². The highest BCUT2D eigenvalue weighted by molar-refractivity contribution is 6.08. The van der Waals surface area contributed by atoms with Gasteiger partial charge >= 0.3 is 0 Å². The van der Waals surface area contributed by atoms with Crippen LogP contribution < -0.4 is 5.32 Å². The average Bonchev–Trinajstić information content (AvgIpc) is 3.04. The molecular formula is C20H16F3N3O2. The number of aryl methyl sites for hydroxylation is 1. The first-order chi connectivity index (χ1) is 13.3. The van der Waals surface area contributed by atoms with Crippen LogP contribution in [0.2, 0.25) is 0 Å². The largest absolute Gasteiger partial charge is 0.320 e. The number of carbonyl (C=O) groups excluding carboxylic acids is 2. The van der Waals surface area contributed by atoms with Crippen molar-refractivity contribution in [2.45, 2.75) is 13.3 Å². The molecule has 1 aromatic heterocycles. The smallest absolute Gasteiger partial charge is 0.276 e. The summed E-state index contributed by atoms with van der Waals surface area (Å²) < 4.78 is 41.0. The quantitative estimate of drug-likeness (QED) is 0.650. The Morgan fingerprint density at radius 2 is 1.82 bits per heavy atom. The summed E-state index contributed by atoms with van der Waals surface area (Å²) in [5.74, 6) is -1.72. The van der Waals surface area contributed by atoms with Crippen LogP contribution in [-0.2, 0) is 7.05 Å². The second-order valence-corrected chi connectivity index (χ2v) is 6.15. The van der Waals surface area contributed by atoms with Crippen LogP contribution in [-0.4, -0.2) is 21.5 Å². The molecule has 144 valence electrons. The average molecular weight is 387 g/mol. The number of carbonyl (C=O) groups is 2. The third-order valence-electron chi connectivity index (χ3n) is 4.13. The number of rotatable bonds is 5. The second kappa shape index (κ2) is 7.67. The molecule has 0 unspecified atom stereocenters. The van der Waals surface area contributed by atoms with Crippen LogP contribution in [0.3, 0.4) is 0 Å². The number of benzene rings is 2. The van der Waals surface area contributed by atoms with Gasteiger partial charge in [0.15, 0.2) is 11.5 Å². The molecule has 1 N–H and O–H groups in total. The maximum Gasteiger partial charge on any atom is 0.276 e. The van der Waals surface area contributed by atoms with Crippen molar-refractivity contribution < 1.29 is 22.8 Å². The maximum absolute atomic E-state index is 13.6. The van der Waals surface area contributed by atoms with Gasteiger partial charge in [0.1, 0.15) is 5.82 Å². The first-order valence-corrected chi connectivity index (χ1v) is 8.31. The normalized spacial score (nSPS) is 10.9. The molecule has 0 spiro atoms. The van der Waals surface area contributed by atoms with Crippen molar-refractivity contribution in [3.63, 3.8) is 0 Å². The highest BCUT2D eigenvalue weighted by Crippen LogP contribution is 2.32. The molecule has 28 heavy (non-hydrogen) atoms. The van der Waals surface area contributed by atoms with Crippen LogP contribution in [0.1, 0.15) is 39.8 Å². The zero-order valence-electron chi connectivity index (χ0n) is 15.0. The summed E-state index contributed by atoms with van der Waals surface area (Å²) in [6.45, 7) is 1.31. The first-order valence-electron chi connectivity index (χ1n) is 8.31. The summed E-state index contributed by atoms with van der Waals surface area (Å²) in [5, 5.41) is 6.37. The molecule has 5 nitrogen and oxygen atoms in total. The van der Waals surface area contributed by atoms with Crippen molar-refractivity contribution in [3.8, 4) is 11.1 Å². The number of hydrogen-bond acceptors (Lipinski definition) is 3. The van der Waals surface area contributed by atoms with E-state index in [0.717, 1.165) is 16.9 Å². The minimum absolute atomic E-state index is 0.146. The van der Waals surface area contributed by atoms with Crippen LogP contribution in [0, 0.1) is 5.82 Å². The molecular weight excluding hydrogens is 371 g/mol. The van der Waals surface area contributed by atoms with Crippen molar-refractivity contribution in [2.24, 2.45) is 7.05 Å². The van der Waals surface area contributed by atoms with E-state index in [2.05, 4.69) is 10.4 Å². The molecule has 3 aromatic rings. The molecule has 2 aromatic carbocycles. The van der Waals surface area contributed by atoms with E-state index < -0.39 is 29.4 Å². The van der Waals surface area contributed by atoms with Gasteiger partial charge in [-0.15, -0.1) is 0 Å². The molecule has 0 aliphatic heterocycles. The number of amides is 1. The second-order valence-electron chi connectivity index (χ2n) is 6.15. The minimum atomic E-state index is -2.86. The van der Waals surface area contributed by atoms with Crippen LogP contribution in [0.25, 0.3) is 11.1 Å². The van der Waals surface area contributed by atoms with Gasteiger partial charge in [-0.25, -0.2) is 13.2 Å². The van der Waals surface area contributed by atoms with Crippen molar-refractivity contribution in [1.82, 2.24) is 9.78 Å². The van der Waals surface area contributed by atoms with Gasteiger partial charge in [0.2, 0.25) is 0 Å². The summed E-state index contributed by atoms with van der Waals surface area (Å²) in [6.07, 6.45) is -1.77. The minimum Gasteiger partial charge on any atom is -0.320 e. The monoisotopic (exact) mass is 387 g/mol. The number of ketones is 1. The van der Waals surface area contributed by atoms with E-state index in [9.17, 15) is 22.8 Å². The van der Waals surface area contributed by atoms with Crippen LogP contribution in [0.5, 0.6) is 0 Å². The van der Waals surface area contributed by atoms with Gasteiger partial charge in [-0.1, -0.05) is 24.3 Å². The number of nitrogens with one attached hydrogen (secondary N) is 1. The van der Waals surface area contributed by atoms with Gasteiger partial charge in [0, 0.05) is 30.1 Å². The molecule has 1 heterocycles. The molecule has 0 atom stereocenters. The lowest BCUT2D eigenvalue weighted by molar-refractivity contribution is 0.1000. The Balaban J connectivity index is 2.03. The number of nitrogens with zero attached hydrogens (tertiary/aromatic N) is 2. The summed E-state index contributed by atoms with van der Waals surface area (Å²) >= 11 is 0. The zero-order chi connectivity index (χ0) is 20.4. The number of para-hydroxylation sites is 1. The van der Waals surface area contributed by atoms with E-state index in [-0.39, 0.29) is 17.0 Å². The molecule has 0 aliphatic rings. The fraction of sp³-hybridized carbons (Fsp3) is 0.150. The van der Waals surface area contributed by atoms with E-state index >= 15 is 0 Å². The fourth-order valence-corrected chi connectivity index (χ4v) is 2.89. The van der Waals surface area contributed by atoms with E-state index in [1.54, 1.807) is 24.3 Å². The summed E-state index contributed by atoms with van der Waals surface area (Å²) in [6, 6.07) is 10.3. The Morgan fingerprint density at radius 1 is 1.11 bits per heavy atom. The third-order valence-corrected chi connectivity index (χ3v) is 4.13. The molecule has 3 rings (SSSR count). The van der Waals surface area contributed by atoms with Gasteiger partial charge in [-0.3, -0.25) is 14.3 Å². The Labute approximate surface area is 158 Å². The van der Waals surface area contributed by atoms with E-state index in [4.69, 9.17) is 0 Å². The lowest BCUT2D eigenvalue weighted by atomic mass is 9.96. The molecule has 0 aliphatic carbocycles. The molecule has 0 saturated heterocycles. The molecule has 0 bridgehead atoms. The summed E-state index contributed by atoms with van der Waals surface area (Å²) in [4.78, 5) is 24.5. The third kappa shape index (κ3) is 3.80. The Morgan fingerprint density at radius 3 is 2.50 bits per heavy atom. The van der Waals surface area contributed by atoms with E-state index in [1.165, 1.54) is 26.1 Å². The molecule has 8 heteroatoms. The number of aromatic nitrogens is 2. The molecule has 0 fully saturated rings. The highest BCUT2D eigenvalue weighted by Gasteiger charge is 2.23. The maximum atomic E-state index is 13.6. The number of hydrogen-bond donors (Lipinski definition) is 1. The lowest BCUT2D eigenvalue weighted by Crippen LogP contribution is -2.16. The zero-order valence-corrected chi connectivity index (χ0v) is 15.0. The topological polar surface area (TPSA) is 64.0 Å². The predicted molar refractivity (Wildman–Crippen MR) is 98.0 cm³/mol. The van der Waals surface area contributed by atoms with Gasteiger partial charge in [0.05, 0.1) is 5.56 Å². The molecule has 0 radical (unpaired) electrons. The number of anilines is 1. The van der Waals surface area contributed by atoms with E-state index in [0.29, 0.717) is 11.1 Å². The first kappa shape index (κ1) is 19.3. The predicted octanol–water partition coefficient (Wildman–Crippen LogP) is 4.62. The van der Waals surface area contributed by atoms with Crippen molar-refractivity contribution in [1.29, 1.82) is 0 Å². The number of halogens is 3. The fourth-order valence-electron chi connectivity index (χ4n) is 2.89. The van der Waals surface area contributed by atoms with Gasteiger partial charge in [-0.2, -0.15) is 5.10 Å². The van der Waals surface area contributed by atoms with Gasteiger partial charge in [-0.05, 0) is 30.7 Å². The standard InChI is InChI=1S/C20H16F3N3O2/c1-11(27)15-9-12(21)7-8-13(15)14-5-3-4-6-17(14)24-20(28)18-16(19(22)23)10-26(2)25-18/h3-10,19H,1-2H3,(H,24,28). The van der Waals surface area contributed by atoms with Crippen molar-refractivity contribution in [2.75, 3.05) is 5.32 Å². The molecule has 1 amide bonds. The number of Topliss-reactive ketones (excluding diaryl/α,β-unsaturated/α-hetero) is 1. The Kier molecular flexibility index (Phi) is 5.30. The van der Waals surface area contributed by atoms with Crippen LogP contribution in [0.15, 0.2) is 48.7 Å². The van der Waals surface area contributed by atoms with E-state index in [1.807, 2.05) is 0 Å². The van der Waals surface area contributed by atoms with Gasteiger partial charge < -0.3 is 5.32 Å². The lowest BCUT2D eigenvalue weighted by Gasteiger charge is -2.13. The molecule has 0 saturated carbocycles. The van der Waals surface area contributed by atoms with Crippen LogP contribution in [0.4, 0.5) is 18.9 Å². The SMILES string of the molecule is CC(=O)c1cc(F)ccc1-c1ccccc1NC(=O)c1nn(C)cc1C(F)F. The van der Waals surface area contributed by atoms with Crippen LogP contribution >= 0.6 is 0 Å².